The molecule has 0 aliphatic heterocycles. The van der Waals surface area contributed by atoms with Gasteiger partial charge in [0.05, 0.1) is 0 Å². The van der Waals surface area contributed by atoms with Crippen LogP contribution in [0.25, 0.3) is 0 Å². The summed E-state index contributed by atoms with van der Waals surface area (Å²) in [6.45, 7) is 5.54. The zero-order valence-electron chi connectivity index (χ0n) is 3.75. The Morgan fingerprint density at radius 1 is 1.10 bits per heavy atom. The van der Waals surface area contributed by atoms with E-state index in [4.69, 9.17) is 0 Å². The molecule has 0 heterocycles. The van der Waals surface area contributed by atoms with Gasteiger partial charge in [0.2, 0.25) is 0 Å². The highest BCUT2D eigenvalue weighted by molar-refractivity contribution is 15.0. The molecule has 0 fully saturated rings. The van der Waals surface area contributed by atoms with Gasteiger partial charge in [-0.05, 0) is 6.42 Å². The predicted molar refractivity (Wildman–Crippen MR) is 75.5 cm³/mol. The van der Waals surface area contributed by atoms with Crippen molar-refractivity contribution in [3.05, 3.63) is 12.7 Å². The second-order valence-corrected chi connectivity index (χ2v) is 0.697. The van der Waals surface area contributed by atoms with Gasteiger partial charge < -0.3 is 0 Å². The summed E-state index contributed by atoms with van der Waals surface area (Å²) in [4.78, 5) is 0. The second-order valence-electron chi connectivity index (χ2n) is 0.697. The molecule has 0 aliphatic rings. The second kappa shape index (κ2) is 84.3. The van der Waals surface area contributed by atoms with E-state index in [1.165, 1.54) is 0 Å². The van der Waals surface area contributed by atoms with Crippen molar-refractivity contribution in [1.29, 1.82) is 0 Å². The van der Waals surface area contributed by atoms with Crippen molar-refractivity contribution in [2.45, 2.75) is 43.1 Å². The van der Waals surface area contributed by atoms with Gasteiger partial charge in [0, 0.05) is 37.2 Å². The van der Waals surface area contributed by atoms with Gasteiger partial charge in [-0.1, -0.05) is 42.7 Å². The van der Waals surface area contributed by atoms with Gasteiger partial charge in [-0.25, -0.2) is 0 Å². The molecule has 10 heavy (non-hydrogen) atoms. The minimum atomic E-state index is 0. The molecule has 0 aromatic heterocycles. The minimum absolute atomic E-state index is 0. The van der Waals surface area contributed by atoms with E-state index in [2.05, 4.69) is 50.7 Å². The van der Waals surface area contributed by atoms with Crippen LogP contribution in [-0.4, -0.2) is 0 Å². The van der Waals surface area contributed by atoms with Crippen molar-refractivity contribution >= 4 is 37.2 Å². The molecule has 0 unspecified atom stereocenters. The fourth-order valence-corrected chi connectivity index (χ4v) is 0. The first-order valence-corrected chi connectivity index (χ1v) is 7.95. The van der Waals surface area contributed by atoms with E-state index in [1.807, 2.05) is 6.08 Å². The fourth-order valence-electron chi connectivity index (χ4n) is 0. The fraction of sp³-hybridized carbons (Fsp3) is 0.750. The van der Waals surface area contributed by atoms with Crippen molar-refractivity contribution in [2.75, 3.05) is 0 Å². The smallest absolute Gasteiger partial charge is 0 e. The highest BCUT2D eigenvalue weighted by Crippen LogP contribution is 1.89. The first-order valence-electron chi connectivity index (χ1n) is 1.67. The Balaban J connectivity index is -0.00000000625. The third-order valence-electron chi connectivity index (χ3n) is 0.289. The third-order valence-corrected chi connectivity index (χ3v) is 0.289. The lowest BCUT2D eigenvalue weighted by molar-refractivity contribution is 1.23. The molecule has 0 aromatic rings. The highest BCUT2D eigenvalue weighted by Gasteiger charge is 1.45. The Morgan fingerprint density at radius 3 is 1.20 bits per heavy atom. The molecule has 0 nitrogen and oxygen atoms in total. The molecular formula is C8H24I2. The van der Waals surface area contributed by atoms with Crippen LogP contribution in [0.15, 0.2) is 12.7 Å². The molecular weight excluding hydrogens is 350 g/mol. The van der Waals surface area contributed by atoms with Crippen LogP contribution >= 0.6 is 37.2 Å². The van der Waals surface area contributed by atoms with Gasteiger partial charge in [0.1, 0.15) is 0 Å². The first kappa shape index (κ1) is 43.1. The molecule has 70 valence electrons. The summed E-state index contributed by atoms with van der Waals surface area (Å²) in [5, 5.41) is 0. The average molecular weight is 374 g/mol. The monoisotopic (exact) mass is 374 g/mol. The van der Waals surface area contributed by atoms with E-state index in [0.29, 0.717) is 0 Å². The number of hydrogen-bond donors (Lipinski definition) is 0. The summed E-state index contributed by atoms with van der Waals surface area (Å²) in [5.41, 5.74) is 0. The molecule has 0 N–H and O–H groups in total. The molecule has 0 aliphatic carbocycles. The predicted octanol–water partition coefficient (Wildman–Crippen LogP) is 5.90. The van der Waals surface area contributed by atoms with Crippen LogP contribution in [0.3, 0.4) is 0 Å². The normalized spacial score (nSPS) is 3.10. The maximum Gasteiger partial charge on any atom is 0 e. The van der Waals surface area contributed by atoms with Crippen molar-refractivity contribution in [3.8, 4) is 0 Å². The van der Waals surface area contributed by atoms with Crippen LogP contribution in [-0.2, 0) is 0 Å². The molecule has 0 spiro atoms. The standard InChI is InChI=1S/C4H8.4CH4.I2/c1-3-4-2;;;;;1-2/h3H,1,4H2,2H3;4*1H4;. The minimum Gasteiger partial charge on any atom is -0.103 e. The Labute approximate surface area is 92.2 Å². The molecule has 0 amide bonds. The summed E-state index contributed by atoms with van der Waals surface area (Å²) in [6, 6.07) is 0. The van der Waals surface area contributed by atoms with Gasteiger partial charge in [-0.15, -0.1) is 6.58 Å². The van der Waals surface area contributed by atoms with Gasteiger partial charge in [-0.3, -0.25) is 0 Å². The molecule has 0 radical (unpaired) electrons. The maximum absolute atomic E-state index is 3.48. The topological polar surface area (TPSA) is 0 Å². The Morgan fingerprint density at radius 2 is 1.20 bits per heavy atom. The number of rotatable bonds is 1. The summed E-state index contributed by atoms with van der Waals surface area (Å²) in [7, 11) is 0. The quantitative estimate of drug-likeness (QED) is 0.396. The van der Waals surface area contributed by atoms with Crippen molar-refractivity contribution in [1.82, 2.24) is 0 Å². The third kappa shape index (κ3) is 128. The van der Waals surface area contributed by atoms with Crippen LogP contribution in [0.4, 0.5) is 0 Å². The zero-order valence-corrected chi connectivity index (χ0v) is 8.06. The highest BCUT2D eigenvalue weighted by atomic mass is 128. The summed E-state index contributed by atoms with van der Waals surface area (Å²) >= 11 is 4.24. The van der Waals surface area contributed by atoms with Crippen LogP contribution in [0, 0.1) is 0 Å². The lowest BCUT2D eigenvalue weighted by Crippen LogP contribution is -1.36. The number of allylic oxidation sites excluding steroid dienone is 1. The zero-order chi connectivity index (χ0) is 5.41. The van der Waals surface area contributed by atoms with Crippen molar-refractivity contribution in [3.63, 3.8) is 0 Å². The lowest BCUT2D eigenvalue weighted by atomic mass is 10.5. The van der Waals surface area contributed by atoms with E-state index in [-0.39, 0.29) is 29.7 Å². The average Bonchev–Trinajstić information content (AvgIpc) is 1.72. The largest absolute Gasteiger partial charge is 0.103 e. The van der Waals surface area contributed by atoms with Gasteiger partial charge in [0.15, 0.2) is 0 Å². The van der Waals surface area contributed by atoms with Crippen LogP contribution in [0.2, 0.25) is 0 Å². The summed E-state index contributed by atoms with van der Waals surface area (Å²) < 4.78 is 0. The molecule has 0 aromatic carbocycles. The first-order chi connectivity index (χ1) is 2.91. The molecule has 0 saturated heterocycles. The number of halogens is 2. The van der Waals surface area contributed by atoms with Crippen LogP contribution in [0.1, 0.15) is 43.1 Å². The molecule has 0 saturated carbocycles. The van der Waals surface area contributed by atoms with E-state index in [9.17, 15) is 0 Å². The maximum atomic E-state index is 3.48. The van der Waals surface area contributed by atoms with Crippen LogP contribution < -0.4 is 0 Å². The van der Waals surface area contributed by atoms with Gasteiger partial charge in [-0.2, -0.15) is 0 Å². The van der Waals surface area contributed by atoms with Gasteiger partial charge in [0.25, 0.3) is 0 Å². The molecule has 0 bridgehead atoms. The summed E-state index contributed by atoms with van der Waals surface area (Å²) in [6.07, 6.45) is 2.96. The number of hydrogen-bond acceptors (Lipinski definition) is 0. The Bertz CT molecular complexity index is 21.2. The SMILES string of the molecule is C.C.C.C.C=CCC.II. The summed E-state index contributed by atoms with van der Waals surface area (Å²) in [5.74, 6) is 0. The van der Waals surface area contributed by atoms with Crippen molar-refractivity contribution < 1.29 is 0 Å². The van der Waals surface area contributed by atoms with E-state index in [1.54, 1.807) is 0 Å². The van der Waals surface area contributed by atoms with Crippen LogP contribution in [0.5, 0.6) is 0 Å². The Kier molecular flexibility index (Phi) is 363. The van der Waals surface area contributed by atoms with E-state index in [0.717, 1.165) is 6.42 Å². The van der Waals surface area contributed by atoms with E-state index < -0.39 is 0 Å². The Hall–Kier alpha value is 1.20. The lowest BCUT2D eigenvalue weighted by Gasteiger charge is -1.57. The molecule has 0 atom stereocenters. The molecule has 0 rings (SSSR count). The van der Waals surface area contributed by atoms with E-state index >= 15 is 0 Å². The van der Waals surface area contributed by atoms with Gasteiger partial charge >= 0.3 is 0 Å². The molecule has 2 heteroatoms. The van der Waals surface area contributed by atoms with Crippen molar-refractivity contribution in [2.24, 2.45) is 0 Å².